The Morgan fingerprint density at radius 3 is 2.69 bits per heavy atom. The van der Waals surface area contributed by atoms with Crippen molar-refractivity contribution in [1.82, 2.24) is 24.5 Å². The van der Waals surface area contributed by atoms with Crippen molar-refractivity contribution in [2.24, 2.45) is 0 Å². The number of methoxy groups -OCH3 is 1. The van der Waals surface area contributed by atoms with Gasteiger partial charge in [-0.25, -0.2) is 4.98 Å². The number of pyridine rings is 1. The first-order valence-electron chi connectivity index (χ1n) is 8.91. The Balaban J connectivity index is 1.84. The highest BCUT2D eigenvalue weighted by Crippen LogP contribution is 2.16. The predicted molar refractivity (Wildman–Crippen MR) is 97.4 cm³/mol. The standard InChI is InChI=1S/C18H25N5O3/c1-3-21-9-11-22(12-10-21)18(25)16-20-15(17(24)19-7-13-26-2)14-6-4-5-8-23(14)16/h4-6,8H,3,7,9-13H2,1-2H3,(H,19,24). The molecular weight excluding hydrogens is 334 g/mol. The highest BCUT2D eigenvalue weighted by atomic mass is 16.5. The van der Waals surface area contributed by atoms with Crippen molar-refractivity contribution in [3.63, 3.8) is 0 Å². The molecule has 1 saturated heterocycles. The summed E-state index contributed by atoms with van der Waals surface area (Å²) in [5.41, 5.74) is 0.884. The van der Waals surface area contributed by atoms with E-state index in [2.05, 4.69) is 22.1 Å². The van der Waals surface area contributed by atoms with Crippen LogP contribution in [0.2, 0.25) is 0 Å². The largest absolute Gasteiger partial charge is 0.383 e. The van der Waals surface area contributed by atoms with Crippen molar-refractivity contribution in [2.75, 3.05) is 53.0 Å². The molecule has 0 saturated carbocycles. The highest BCUT2D eigenvalue weighted by molar-refractivity contribution is 6.02. The average molecular weight is 359 g/mol. The van der Waals surface area contributed by atoms with Crippen molar-refractivity contribution in [1.29, 1.82) is 0 Å². The number of hydrogen-bond donors (Lipinski definition) is 1. The van der Waals surface area contributed by atoms with Gasteiger partial charge >= 0.3 is 0 Å². The molecule has 0 bridgehead atoms. The van der Waals surface area contributed by atoms with E-state index in [1.54, 1.807) is 28.7 Å². The lowest BCUT2D eigenvalue weighted by Gasteiger charge is -2.33. The Labute approximate surface area is 152 Å². The quantitative estimate of drug-likeness (QED) is 0.760. The van der Waals surface area contributed by atoms with Crippen LogP contribution in [0.3, 0.4) is 0 Å². The second-order valence-electron chi connectivity index (χ2n) is 6.22. The number of likely N-dealkylation sites (N-methyl/N-ethyl adjacent to an activating group) is 1. The Hall–Kier alpha value is -2.45. The zero-order chi connectivity index (χ0) is 18.5. The van der Waals surface area contributed by atoms with Crippen LogP contribution in [-0.4, -0.2) is 84.0 Å². The van der Waals surface area contributed by atoms with Crippen molar-refractivity contribution in [2.45, 2.75) is 6.92 Å². The van der Waals surface area contributed by atoms with Crippen molar-refractivity contribution >= 4 is 17.3 Å². The molecule has 0 radical (unpaired) electrons. The molecule has 26 heavy (non-hydrogen) atoms. The molecule has 2 aromatic heterocycles. The molecule has 1 aliphatic rings. The number of fused-ring (bicyclic) bond motifs is 1. The summed E-state index contributed by atoms with van der Waals surface area (Å²) >= 11 is 0. The van der Waals surface area contributed by atoms with E-state index < -0.39 is 0 Å². The summed E-state index contributed by atoms with van der Waals surface area (Å²) in [6, 6.07) is 5.45. The molecule has 0 unspecified atom stereocenters. The predicted octanol–water partition coefficient (Wildman–Crippen LogP) is 0.488. The Morgan fingerprint density at radius 1 is 1.23 bits per heavy atom. The molecule has 3 heterocycles. The van der Waals surface area contributed by atoms with Crippen molar-refractivity contribution in [3.05, 3.63) is 35.9 Å². The maximum absolute atomic E-state index is 13.0. The summed E-state index contributed by atoms with van der Waals surface area (Å²) in [5.74, 6) is -0.166. The van der Waals surface area contributed by atoms with Gasteiger partial charge in [-0.1, -0.05) is 13.0 Å². The summed E-state index contributed by atoms with van der Waals surface area (Å²) in [7, 11) is 1.58. The van der Waals surface area contributed by atoms with Gasteiger partial charge in [0.2, 0.25) is 5.82 Å². The van der Waals surface area contributed by atoms with E-state index in [-0.39, 0.29) is 23.3 Å². The van der Waals surface area contributed by atoms with Crippen LogP contribution in [0.4, 0.5) is 0 Å². The van der Waals surface area contributed by atoms with Gasteiger partial charge in [0.15, 0.2) is 5.69 Å². The zero-order valence-electron chi connectivity index (χ0n) is 15.3. The van der Waals surface area contributed by atoms with Gasteiger partial charge < -0.3 is 19.9 Å². The van der Waals surface area contributed by atoms with Crippen LogP contribution in [0.1, 0.15) is 28.0 Å². The van der Waals surface area contributed by atoms with Crippen LogP contribution in [0, 0.1) is 0 Å². The van der Waals surface area contributed by atoms with Crippen LogP contribution in [0.5, 0.6) is 0 Å². The van der Waals surface area contributed by atoms with Gasteiger partial charge in [-0.15, -0.1) is 0 Å². The third kappa shape index (κ3) is 3.71. The minimum absolute atomic E-state index is 0.141. The third-order valence-corrected chi connectivity index (χ3v) is 4.65. The third-order valence-electron chi connectivity index (χ3n) is 4.65. The van der Waals surface area contributed by atoms with Gasteiger partial charge in [-0.2, -0.15) is 0 Å². The lowest BCUT2D eigenvalue weighted by Crippen LogP contribution is -2.48. The van der Waals surface area contributed by atoms with E-state index in [1.807, 2.05) is 12.1 Å². The fourth-order valence-electron chi connectivity index (χ4n) is 3.11. The molecule has 0 aliphatic carbocycles. The van der Waals surface area contributed by atoms with Crippen LogP contribution in [-0.2, 0) is 4.74 Å². The van der Waals surface area contributed by atoms with Crippen LogP contribution in [0.25, 0.3) is 5.52 Å². The molecule has 0 atom stereocenters. The van der Waals surface area contributed by atoms with Gasteiger partial charge in [0.25, 0.3) is 11.8 Å². The maximum atomic E-state index is 13.0. The highest BCUT2D eigenvalue weighted by Gasteiger charge is 2.27. The molecule has 8 heteroatoms. The number of hydrogen-bond acceptors (Lipinski definition) is 5. The number of carbonyl (C=O) groups excluding carboxylic acids is 2. The smallest absolute Gasteiger partial charge is 0.290 e. The molecular formula is C18H25N5O3. The summed E-state index contributed by atoms with van der Waals surface area (Å²) < 4.78 is 6.65. The number of piperazine rings is 1. The van der Waals surface area contributed by atoms with Gasteiger partial charge in [0.05, 0.1) is 12.1 Å². The number of imidazole rings is 1. The topological polar surface area (TPSA) is 79.2 Å². The summed E-state index contributed by atoms with van der Waals surface area (Å²) in [6.07, 6.45) is 1.77. The molecule has 0 spiro atoms. The lowest BCUT2D eigenvalue weighted by molar-refractivity contribution is 0.0630. The summed E-state index contributed by atoms with van der Waals surface area (Å²) in [6.45, 7) is 6.97. The number of amides is 2. The first kappa shape index (κ1) is 18.3. The van der Waals surface area contributed by atoms with Crippen molar-refractivity contribution in [3.8, 4) is 0 Å². The number of carbonyl (C=O) groups is 2. The summed E-state index contributed by atoms with van der Waals surface area (Å²) in [5, 5.41) is 2.77. The second kappa shape index (κ2) is 8.29. The zero-order valence-corrected chi connectivity index (χ0v) is 15.3. The molecule has 1 N–H and O–H groups in total. The number of aromatic nitrogens is 2. The Bertz CT molecular complexity index is 780. The van der Waals surface area contributed by atoms with Crippen molar-refractivity contribution < 1.29 is 14.3 Å². The first-order chi connectivity index (χ1) is 12.7. The van der Waals surface area contributed by atoms with Gasteiger partial charge in [-0.05, 0) is 18.7 Å². The van der Waals surface area contributed by atoms with Gasteiger partial charge in [0.1, 0.15) is 0 Å². The molecule has 0 aromatic carbocycles. The molecule has 2 aromatic rings. The second-order valence-corrected chi connectivity index (χ2v) is 6.22. The van der Waals surface area contributed by atoms with Crippen LogP contribution >= 0.6 is 0 Å². The van der Waals surface area contributed by atoms with Gasteiger partial charge in [0, 0.05) is 46.0 Å². The first-order valence-corrected chi connectivity index (χ1v) is 8.91. The van der Waals surface area contributed by atoms with E-state index >= 15 is 0 Å². The monoisotopic (exact) mass is 359 g/mol. The minimum Gasteiger partial charge on any atom is -0.383 e. The average Bonchev–Trinajstić information content (AvgIpc) is 3.07. The normalized spacial score (nSPS) is 15.4. The Kier molecular flexibility index (Phi) is 5.85. The van der Waals surface area contributed by atoms with Crippen LogP contribution < -0.4 is 5.32 Å². The lowest BCUT2D eigenvalue weighted by atomic mass is 10.3. The molecule has 8 nitrogen and oxygen atoms in total. The molecule has 1 aliphatic heterocycles. The van der Waals surface area contributed by atoms with E-state index in [1.165, 1.54) is 0 Å². The fraction of sp³-hybridized carbons (Fsp3) is 0.500. The molecule has 140 valence electrons. The Morgan fingerprint density at radius 2 is 2.00 bits per heavy atom. The SMILES string of the molecule is CCN1CCN(C(=O)c2nc(C(=O)NCCOC)c3ccccn23)CC1. The number of nitrogens with zero attached hydrogens (tertiary/aromatic N) is 4. The molecule has 3 rings (SSSR count). The fourth-order valence-corrected chi connectivity index (χ4v) is 3.11. The number of ether oxygens (including phenoxy) is 1. The van der Waals surface area contributed by atoms with E-state index in [4.69, 9.17) is 4.74 Å². The van der Waals surface area contributed by atoms with Gasteiger partial charge in [-0.3, -0.25) is 14.0 Å². The summed E-state index contributed by atoms with van der Waals surface area (Å²) in [4.78, 5) is 33.9. The molecule has 1 fully saturated rings. The maximum Gasteiger partial charge on any atom is 0.290 e. The number of nitrogens with one attached hydrogen (secondary N) is 1. The van der Waals surface area contributed by atoms with E-state index in [9.17, 15) is 9.59 Å². The minimum atomic E-state index is -0.305. The van der Waals surface area contributed by atoms with E-state index in [0.717, 1.165) is 19.6 Å². The van der Waals surface area contributed by atoms with Crippen LogP contribution in [0.15, 0.2) is 24.4 Å². The number of rotatable bonds is 6. The van der Waals surface area contributed by atoms with E-state index in [0.29, 0.717) is 31.8 Å². The molecule has 2 amide bonds.